The highest BCUT2D eigenvalue weighted by Gasteiger charge is 2.39. The molecular formula is C25H27N3O4S. The summed E-state index contributed by atoms with van der Waals surface area (Å²) in [5.41, 5.74) is 1.91. The summed E-state index contributed by atoms with van der Waals surface area (Å²) in [7, 11) is 0. The molecule has 7 nitrogen and oxygen atoms in total. The fraction of sp³-hybridized carbons (Fsp3) is 0.320. The van der Waals surface area contributed by atoms with Crippen molar-refractivity contribution in [3.63, 3.8) is 0 Å². The van der Waals surface area contributed by atoms with Gasteiger partial charge < -0.3 is 19.4 Å². The zero-order valence-electron chi connectivity index (χ0n) is 19.0. The molecule has 1 N–H and O–H groups in total. The molecule has 0 bridgehead atoms. The number of rotatable bonds is 9. The molecule has 1 amide bonds. The molecule has 0 unspecified atom stereocenters. The van der Waals surface area contributed by atoms with Gasteiger partial charge in [-0.15, -0.1) is 0 Å². The van der Waals surface area contributed by atoms with Crippen LogP contribution in [0, 0.1) is 11.3 Å². The highest BCUT2D eigenvalue weighted by molar-refractivity contribution is 8.03. The van der Waals surface area contributed by atoms with Crippen LogP contribution in [0.1, 0.15) is 38.0 Å². The molecular weight excluding hydrogens is 438 g/mol. The maximum Gasteiger partial charge on any atom is 0.337 e. The molecule has 0 saturated carbocycles. The first-order valence-corrected chi connectivity index (χ1v) is 11.9. The van der Waals surface area contributed by atoms with E-state index in [-0.39, 0.29) is 18.3 Å². The Labute approximate surface area is 198 Å². The predicted molar refractivity (Wildman–Crippen MR) is 128 cm³/mol. The lowest BCUT2D eigenvalue weighted by molar-refractivity contribution is -0.138. The number of benzene rings is 1. The molecule has 2 heterocycles. The normalized spacial score (nSPS) is 15.6. The Balaban J connectivity index is 2.12. The van der Waals surface area contributed by atoms with Gasteiger partial charge in [0.1, 0.15) is 5.76 Å². The summed E-state index contributed by atoms with van der Waals surface area (Å²) in [6, 6.07) is 15.1. The number of carbonyl (C=O) groups excluding carboxylic acids is 2. The lowest BCUT2D eigenvalue weighted by atomic mass is 9.84. The zero-order chi connectivity index (χ0) is 23.8. The third-order valence-corrected chi connectivity index (χ3v) is 6.29. The minimum atomic E-state index is -0.758. The summed E-state index contributed by atoms with van der Waals surface area (Å²) in [5.74, 6) is -0.685. The quantitative estimate of drug-likeness (QED) is 0.552. The van der Waals surface area contributed by atoms with Crippen molar-refractivity contribution in [1.29, 1.82) is 5.26 Å². The third-order valence-electron chi connectivity index (χ3n) is 5.29. The topological polar surface area (TPSA) is 95.6 Å². The number of hydrogen-bond acceptors (Lipinski definition) is 7. The molecule has 3 rings (SSSR count). The summed E-state index contributed by atoms with van der Waals surface area (Å²) in [6.07, 6.45) is 1.51. The fourth-order valence-electron chi connectivity index (χ4n) is 3.70. The van der Waals surface area contributed by atoms with E-state index in [0.29, 0.717) is 40.7 Å². The van der Waals surface area contributed by atoms with E-state index in [4.69, 9.17) is 9.15 Å². The number of hydrogen-bond donors (Lipinski definition) is 1. The van der Waals surface area contributed by atoms with Gasteiger partial charge in [-0.2, -0.15) is 5.26 Å². The first kappa shape index (κ1) is 24.2. The van der Waals surface area contributed by atoms with Crippen LogP contribution in [0.3, 0.4) is 0 Å². The number of nitriles is 1. The van der Waals surface area contributed by atoms with E-state index in [1.807, 2.05) is 44.2 Å². The van der Waals surface area contributed by atoms with Crippen LogP contribution in [-0.2, 0) is 14.3 Å². The Hall–Kier alpha value is -3.44. The smallest absolute Gasteiger partial charge is 0.337 e. The van der Waals surface area contributed by atoms with Crippen LogP contribution in [0.15, 0.2) is 69.3 Å². The Morgan fingerprint density at radius 3 is 2.45 bits per heavy atom. The van der Waals surface area contributed by atoms with Gasteiger partial charge in [0.25, 0.3) is 0 Å². The molecule has 8 heteroatoms. The van der Waals surface area contributed by atoms with E-state index >= 15 is 0 Å². The second kappa shape index (κ2) is 11.4. The van der Waals surface area contributed by atoms with Crippen molar-refractivity contribution < 1.29 is 18.7 Å². The van der Waals surface area contributed by atoms with E-state index in [1.54, 1.807) is 24.0 Å². The molecule has 0 radical (unpaired) electrons. The summed E-state index contributed by atoms with van der Waals surface area (Å²) < 4.78 is 11.0. The zero-order valence-corrected chi connectivity index (χ0v) is 19.8. The van der Waals surface area contributed by atoms with Crippen LogP contribution in [0.2, 0.25) is 0 Å². The average Bonchev–Trinajstić information content (AvgIpc) is 3.37. The van der Waals surface area contributed by atoms with E-state index in [2.05, 4.69) is 11.4 Å². The number of allylic oxidation sites excluding steroid dienone is 1. The van der Waals surface area contributed by atoms with Gasteiger partial charge in [0, 0.05) is 13.1 Å². The molecule has 1 aromatic heterocycles. The number of nitrogens with one attached hydrogen (secondary N) is 1. The predicted octanol–water partition coefficient (Wildman–Crippen LogP) is 4.28. The third kappa shape index (κ3) is 5.32. The maximum absolute atomic E-state index is 13.1. The van der Waals surface area contributed by atoms with Crippen LogP contribution in [0.25, 0.3) is 5.70 Å². The number of thioether (sulfide) groups is 1. The molecule has 1 aliphatic rings. The van der Waals surface area contributed by atoms with Crippen molar-refractivity contribution in [3.8, 4) is 6.07 Å². The summed E-state index contributed by atoms with van der Waals surface area (Å²) in [4.78, 5) is 27.5. The number of furan rings is 1. The summed E-state index contributed by atoms with van der Waals surface area (Å²) in [5, 5.41) is 13.9. The Morgan fingerprint density at radius 1 is 1.15 bits per heavy atom. The van der Waals surface area contributed by atoms with E-state index < -0.39 is 11.9 Å². The monoisotopic (exact) mass is 465 g/mol. The van der Waals surface area contributed by atoms with E-state index in [9.17, 15) is 14.9 Å². The molecule has 1 aliphatic heterocycles. The molecule has 0 aliphatic carbocycles. The van der Waals surface area contributed by atoms with Gasteiger partial charge in [-0.05, 0) is 38.5 Å². The molecule has 33 heavy (non-hydrogen) atoms. The highest BCUT2D eigenvalue weighted by atomic mass is 32.2. The van der Waals surface area contributed by atoms with Crippen LogP contribution in [-0.4, -0.2) is 42.2 Å². The second-order valence-electron chi connectivity index (χ2n) is 7.16. The summed E-state index contributed by atoms with van der Waals surface area (Å²) in [6.45, 7) is 7.02. The Kier molecular flexibility index (Phi) is 8.39. The number of ether oxygens (including phenoxy) is 1. The van der Waals surface area contributed by atoms with Crippen molar-refractivity contribution >= 4 is 29.3 Å². The molecule has 1 atom stereocenters. The van der Waals surface area contributed by atoms with Gasteiger partial charge in [-0.25, -0.2) is 4.79 Å². The largest absolute Gasteiger partial charge is 0.468 e. The second-order valence-corrected chi connectivity index (χ2v) is 8.14. The molecule has 0 spiro atoms. The molecule has 1 aromatic carbocycles. The van der Waals surface area contributed by atoms with Crippen molar-refractivity contribution in [1.82, 2.24) is 10.2 Å². The SMILES string of the molecule is CCOC(=O)C1=C(c2ccccc2)NC(SCC(=O)N(CC)CC)=C(C#N)[C@@H]1c1ccco1. The number of nitrogens with zero attached hydrogens (tertiary/aromatic N) is 2. The number of amides is 1. The first-order valence-electron chi connectivity index (χ1n) is 10.9. The average molecular weight is 466 g/mol. The van der Waals surface area contributed by atoms with Crippen LogP contribution in [0.4, 0.5) is 0 Å². The van der Waals surface area contributed by atoms with Gasteiger partial charge >= 0.3 is 5.97 Å². The van der Waals surface area contributed by atoms with Gasteiger partial charge in [-0.1, -0.05) is 42.1 Å². The molecule has 2 aromatic rings. The highest BCUT2D eigenvalue weighted by Crippen LogP contribution is 2.43. The first-order chi connectivity index (χ1) is 16.0. The maximum atomic E-state index is 13.1. The molecule has 0 saturated heterocycles. The van der Waals surface area contributed by atoms with Crippen LogP contribution >= 0.6 is 11.8 Å². The lowest BCUT2D eigenvalue weighted by Crippen LogP contribution is -2.33. The minimum Gasteiger partial charge on any atom is -0.468 e. The van der Waals surface area contributed by atoms with Crippen molar-refractivity contribution in [2.75, 3.05) is 25.4 Å². The molecule has 0 fully saturated rings. The van der Waals surface area contributed by atoms with E-state index in [1.165, 1.54) is 18.0 Å². The van der Waals surface area contributed by atoms with Crippen molar-refractivity contribution in [2.45, 2.75) is 26.7 Å². The number of carbonyl (C=O) groups is 2. The van der Waals surface area contributed by atoms with Crippen molar-refractivity contribution in [3.05, 3.63) is 76.2 Å². The minimum absolute atomic E-state index is 0.0208. The number of esters is 1. The number of dihydropyridines is 1. The van der Waals surface area contributed by atoms with Crippen molar-refractivity contribution in [2.24, 2.45) is 0 Å². The van der Waals surface area contributed by atoms with E-state index in [0.717, 1.165) is 5.56 Å². The van der Waals surface area contributed by atoms with Crippen LogP contribution < -0.4 is 5.32 Å². The molecule has 172 valence electrons. The Morgan fingerprint density at radius 2 is 1.88 bits per heavy atom. The Bertz CT molecular complexity index is 1080. The lowest BCUT2D eigenvalue weighted by Gasteiger charge is -2.29. The van der Waals surface area contributed by atoms with Gasteiger partial charge in [0.05, 0.1) is 52.5 Å². The summed E-state index contributed by atoms with van der Waals surface area (Å²) >= 11 is 1.25. The standard InChI is InChI=1S/C25H27N3O4S/c1-4-28(5-2)20(29)16-33-24-18(15-26)21(19-13-10-14-32-19)22(25(30)31-6-3)23(27-24)17-11-8-7-9-12-17/h7-14,21,27H,4-6,16H2,1-3H3/t21-/m1/s1. The van der Waals surface area contributed by atoms with Crippen LogP contribution in [0.5, 0.6) is 0 Å². The fourth-order valence-corrected chi connectivity index (χ4v) is 4.64. The van der Waals surface area contributed by atoms with Gasteiger partial charge in [0.15, 0.2) is 0 Å². The van der Waals surface area contributed by atoms with Gasteiger partial charge in [0.2, 0.25) is 5.91 Å². The van der Waals surface area contributed by atoms with Gasteiger partial charge in [-0.3, -0.25) is 4.79 Å².